The number of nitrogens with one attached hydrogen (secondary N) is 1. The van der Waals surface area contributed by atoms with E-state index in [1.807, 2.05) is 0 Å². The molecule has 0 spiro atoms. The van der Waals surface area contributed by atoms with Crippen LogP contribution in [0.2, 0.25) is 0 Å². The Kier molecular flexibility index (Phi) is 5.83. The third-order valence-corrected chi connectivity index (χ3v) is 6.40. The first-order valence-corrected chi connectivity index (χ1v) is 8.30. The summed E-state index contributed by atoms with van der Waals surface area (Å²) in [5, 5.41) is 2.27. The Morgan fingerprint density at radius 1 is 1.25 bits per heavy atom. The van der Waals surface area contributed by atoms with Crippen molar-refractivity contribution in [2.45, 2.75) is 43.5 Å². The van der Waals surface area contributed by atoms with Gasteiger partial charge in [-0.2, -0.15) is 4.31 Å². The number of hydrogen-bond acceptors (Lipinski definition) is 4. The molecule has 1 amide bonds. The SMILES string of the molecule is CC(C(=O)N(C)C)S(=O)(=O)N1C2CCNCC1CC2.Cl. The Morgan fingerprint density at radius 3 is 2.45 bits per heavy atom. The number of fused-ring (bicyclic) bond motifs is 2. The Balaban J connectivity index is 0.00000200. The average molecular weight is 326 g/mol. The zero-order valence-electron chi connectivity index (χ0n) is 12.2. The van der Waals surface area contributed by atoms with E-state index >= 15 is 0 Å². The monoisotopic (exact) mass is 325 g/mol. The Morgan fingerprint density at radius 2 is 1.85 bits per heavy atom. The normalized spacial score (nSPS) is 28.4. The van der Waals surface area contributed by atoms with Crippen LogP contribution in [0.25, 0.3) is 0 Å². The van der Waals surface area contributed by atoms with E-state index in [1.54, 1.807) is 18.4 Å². The molecular weight excluding hydrogens is 302 g/mol. The fourth-order valence-electron chi connectivity index (χ4n) is 3.03. The maximum absolute atomic E-state index is 12.7. The smallest absolute Gasteiger partial charge is 0.241 e. The fraction of sp³-hybridized carbons (Fsp3) is 0.917. The van der Waals surface area contributed by atoms with Crippen molar-refractivity contribution in [2.24, 2.45) is 0 Å². The van der Waals surface area contributed by atoms with Gasteiger partial charge in [0.1, 0.15) is 0 Å². The first-order valence-electron chi connectivity index (χ1n) is 6.80. The van der Waals surface area contributed by atoms with Crippen LogP contribution < -0.4 is 5.32 Å². The lowest BCUT2D eigenvalue weighted by atomic mass is 10.1. The number of sulfonamides is 1. The molecule has 6 nitrogen and oxygen atoms in total. The highest BCUT2D eigenvalue weighted by Gasteiger charge is 2.46. The number of carbonyl (C=O) groups excluding carboxylic acids is 1. The van der Waals surface area contributed by atoms with E-state index in [-0.39, 0.29) is 30.4 Å². The van der Waals surface area contributed by atoms with E-state index in [9.17, 15) is 13.2 Å². The highest BCUT2D eigenvalue weighted by molar-refractivity contribution is 7.90. The van der Waals surface area contributed by atoms with Crippen LogP contribution in [-0.2, 0) is 14.8 Å². The van der Waals surface area contributed by atoms with Gasteiger partial charge in [0.2, 0.25) is 15.9 Å². The molecular formula is C12H24ClN3O3S. The van der Waals surface area contributed by atoms with Gasteiger partial charge in [-0.1, -0.05) is 0 Å². The zero-order chi connectivity index (χ0) is 14.2. The Bertz CT molecular complexity index is 441. The lowest BCUT2D eigenvalue weighted by Crippen LogP contribution is -2.50. The van der Waals surface area contributed by atoms with Crippen molar-refractivity contribution in [3.05, 3.63) is 0 Å². The molecule has 0 aliphatic carbocycles. The predicted molar refractivity (Wildman–Crippen MR) is 80.5 cm³/mol. The van der Waals surface area contributed by atoms with Gasteiger partial charge in [-0.25, -0.2) is 8.42 Å². The number of hydrogen-bond donors (Lipinski definition) is 1. The molecule has 3 unspecified atom stereocenters. The van der Waals surface area contributed by atoms with E-state index in [0.29, 0.717) is 6.54 Å². The van der Waals surface area contributed by atoms with Crippen LogP contribution in [0.1, 0.15) is 26.2 Å². The minimum absolute atomic E-state index is 0. The molecule has 20 heavy (non-hydrogen) atoms. The fourth-order valence-corrected chi connectivity index (χ4v) is 5.08. The minimum atomic E-state index is -3.56. The molecule has 2 bridgehead atoms. The molecule has 2 heterocycles. The van der Waals surface area contributed by atoms with Crippen molar-refractivity contribution >= 4 is 28.3 Å². The first kappa shape index (κ1) is 17.7. The minimum Gasteiger partial charge on any atom is -0.348 e. The van der Waals surface area contributed by atoms with Crippen LogP contribution in [0.4, 0.5) is 0 Å². The van der Waals surface area contributed by atoms with Crippen molar-refractivity contribution in [2.75, 3.05) is 27.2 Å². The summed E-state index contributed by atoms with van der Waals surface area (Å²) < 4.78 is 27.0. The molecule has 2 aliphatic heterocycles. The Labute approximate surface area is 127 Å². The summed E-state index contributed by atoms with van der Waals surface area (Å²) in [6.07, 6.45) is 2.63. The van der Waals surface area contributed by atoms with Gasteiger partial charge in [0.05, 0.1) is 0 Å². The highest BCUT2D eigenvalue weighted by Crippen LogP contribution is 2.32. The molecule has 0 aromatic carbocycles. The van der Waals surface area contributed by atoms with Crippen LogP contribution in [-0.4, -0.2) is 68.0 Å². The number of halogens is 1. The summed E-state index contributed by atoms with van der Waals surface area (Å²) in [6.45, 7) is 3.04. The quantitative estimate of drug-likeness (QED) is 0.795. The summed E-state index contributed by atoms with van der Waals surface area (Å²) in [5.74, 6) is -0.350. The Hall–Kier alpha value is -0.370. The van der Waals surface area contributed by atoms with Crippen LogP contribution >= 0.6 is 12.4 Å². The van der Waals surface area contributed by atoms with Gasteiger partial charge in [-0.3, -0.25) is 4.79 Å². The molecule has 2 saturated heterocycles. The molecule has 0 aromatic rings. The summed E-state index contributed by atoms with van der Waals surface area (Å²) in [5.41, 5.74) is 0. The van der Waals surface area contributed by atoms with E-state index in [2.05, 4.69) is 5.32 Å². The molecule has 2 rings (SSSR count). The molecule has 3 atom stereocenters. The van der Waals surface area contributed by atoms with Crippen LogP contribution in [0.3, 0.4) is 0 Å². The number of carbonyl (C=O) groups is 1. The van der Waals surface area contributed by atoms with Gasteiger partial charge < -0.3 is 10.2 Å². The largest absolute Gasteiger partial charge is 0.348 e. The van der Waals surface area contributed by atoms with Crippen LogP contribution in [0.5, 0.6) is 0 Å². The van der Waals surface area contributed by atoms with Crippen LogP contribution in [0.15, 0.2) is 0 Å². The van der Waals surface area contributed by atoms with Crippen molar-refractivity contribution in [3.63, 3.8) is 0 Å². The molecule has 2 fully saturated rings. The van der Waals surface area contributed by atoms with Crippen molar-refractivity contribution in [1.29, 1.82) is 0 Å². The van der Waals surface area contributed by atoms with Gasteiger partial charge in [0, 0.05) is 32.7 Å². The molecule has 118 valence electrons. The topological polar surface area (TPSA) is 69.7 Å². The standard InChI is InChI=1S/C12H23N3O3S.ClH/c1-9(12(16)14(2)3)19(17,18)15-10-4-5-11(15)8-13-7-6-10;/h9-11,13H,4-8H2,1-3H3;1H. The second-order valence-electron chi connectivity index (χ2n) is 5.63. The lowest BCUT2D eigenvalue weighted by molar-refractivity contribution is -0.128. The van der Waals surface area contributed by atoms with Gasteiger partial charge in [0.15, 0.2) is 5.25 Å². The number of amides is 1. The maximum atomic E-state index is 12.7. The third kappa shape index (κ3) is 3.10. The summed E-state index contributed by atoms with van der Waals surface area (Å²) >= 11 is 0. The van der Waals surface area contributed by atoms with Gasteiger partial charge in [0.25, 0.3) is 0 Å². The summed E-state index contributed by atoms with van der Waals surface area (Å²) in [6, 6.07) is 0.0670. The summed E-state index contributed by atoms with van der Waals surface area (Å²) in [4.78, 5) is 13.3. The van der Waals surface area contributed by atoms with Gasteiger partial charge in [-0.15, -0.1) is 12.4 Å². The lowest BCUT2D eigenvalue weighted by Gasteiger charge is -2.30. The van der Waals surface area contributed by atoms with E-state index in [0.717, 1.165) is 25.8 Å². The average Bonchev–Trinajstić information content (AvgIpc) is 2.61. The number of nitrogens with zero attached hydrogens (tertiary/aromatic N) is 2. The van der Waals surface area contributed by atoms with Crippen molar-refractivity contribution in [3.8, 4) is 0 Å². The van der Waals surface area contributed by atoms with Crippen molar-refractivity contribution < 1.29 is 13.2 Å². The maximum Gasteiger partial charge on any atom is 0.241 e. The second-order valence-corrected chi connectivity index (χ2v) is 7.79. The molecule has 0 aromatic heterocycles. The molecule has 8 heteroatoms. The van der Waals surface area contributed by atoms with Crippen LogP contribution in [0, 0.1) is 0 Å². The third-order valence-electron chi connectivity index (χ3n) is 4.12. The van der Waals surface area contributed by atoms with Gasteiger partial charge in [-0.05, 0) is 32.7 Å². The molecule has 0 saturated carbocycles. The highest BCUT2D eigenvalue weighted by atomic mass is 35.5. The van der Waals surface area contributed by atoms with E-state index in [4.69, 9.17) is 0 Å². The second kappa shape index (κ2) is 6.60. The van der Waals surface area contributed by atoms with E-state index in [1.165, 1.54) is 11.8 Å². The first-order chi connectivity index (χ1) is 8.85. The zero-order valence-corrected chi connectivity index (χ0v) is 13.8. The van der Waals surface area contributed by atoms with Crippen molar-refractivity contribution in [1.82, 2.24) is 14.5 Å². The molecule has 0 radical (unpaired) electrons. The van der Waals surface area contributed by atoms with Gasteiger partial charge >= 0.3 is 0 Å². The van der Waals surface area contributed by atoms with E-state index < -0.39 is 15.3 Å². The number of rotatable bonds is 3. The predicted octanol–water partition coefficient (Wildman–Crippen LogP) is 0.0410. The molecule has 1 N–H and O–H groups in total. The summed E-state index contributed by atoms with van der Waals surface area (Å²) in [7, 11) is -0.383. The molecule has 2 aliphatic rings.